The zero-order valence-corrected chi connectivity index (χ0v) is 20.1. The number of hydrogen-bond donors (Lipinski definition) is 2. The van der Waals surface area contributed by atoms with Gasteiger partial charge in [0.25, 0.3) is 0 Å². The minimum absolute atomic E-state index is 0.0455. The lowest BCUT2D eigenvalue weighted by atomic mass is 10.00. The molecule has 0 spiro atoms. The molecule has 0 saturated heterocycles. The van der Waals surface area contributed by atoms with Gasteiger partial charge in [-0.05, 0) is 63.6 Å². The van der Waals surface area contributed by atoms with Crippen molar-refractivity contribution in [1.29, 1.82) is 0 Å². The number of pyridine rings is 1. The summed E-state index contributed by atoms with van der Waals surface area (Å²) in [7, 11) is 0. The first-order chi connectivity index (χ1) is 17.3. The predicted octanol–water partition coefficient (Wildman–Crippen LogP) is 4.90. The quantitative estimate of drug-likeness (QED) is 0.372. The summed E-state index contributed by atoms with van der Waals surface area (Å²) in [4.78, 5) is 29.5. The summed E-state index contributed by atoms with van der Waals surface area (Å²) in [6, 6.07) is 6.26. The van der Waals surface area contributed by atoms with Crippen LogP contribution in [0.25, 0.3) is 22.3 Å². The third-order valence-electron chi connectivity index (χ3n) is 6.08. The Hall–Kier alpha value is -4.05. The molecule has 0 fully saturated rings. The second-order valence-corrected chi connectivity index (χ2v) is 8.91. The largest absolute Gasteiger partial charge is 0.326 e. The highest BCUT2D eigenvalue weighted by Crippen LogP contribution is 2.30. The summed E-state index contributed by atoms with van der Waals surface area (Å²) in [6.07, 6.45) is 5.08. The number of carbonyl (C=O) groups excluding carboxylic acids is 1. The fourth-order valence-electron chi connectivity index (χ4n) is 4.42. The summed E-state index contributed by atoms with van der Waals surface area (Å²) in [5.74, 6) is -0.138. The van der Waals surface area contributed by atoms with Crippen LogP contribution in [0, 0.1) is 18.6 Å². The number of halogens is 2. The molecule has 0 bridgehead atoms. The van der Waals surface area contributed by atoms with E-state index in [9.17, 15) is 13.6 Å². The Morgan fingerprint density at radius 2 is 1.94 bits per heavy atom. The second kappa shape index (κ2) is 9.54. The minimum atomic E-state index is -0.684. The molecule has 1 aliphatic rings. The van der Waals surface area contributed by atoms with Gasteiger partial charge in [0.05, 0.1) is 11.7 Å². The van der Waals surface area contributed by atoms with Crippen molar-refractivity contribution in [2.24, 2.45) is 0 Å². The minimum Gasteiger partial charge on any atom is -0.326 e. The van der Waals surface area contributed by atoms with E-state index in [2.05, 4.69) is 30.6 Å². The molecule has 0 saturated carbocycles. The van der Waals surface area contributed by atoms with Crippen LogP contribution in [-0.4, -0.2) is 43.4 Å². The number of imidazole rings is 1. The van der Waals surface area contributed by atoms with Crippen LogP contribution in [0.3, 0.4) is 0 Å². The van der Waals surface area contributed by atoms with E-state index >= 15 is 0 Å². The molecule has 1 aromatic carbocycles. The molecular weight excluding hydrogens is 464 g/mol. The first-order valence-electron chi connectivity index (χ1n) is 11.7. The zero-order valence-electron chi connectivity index (χ0n) is 20.1. The fourth-order valence-corrected chi connectivity index (χ4v) is 4.42. The number of aryl methyl sites for hydroxylation is 1. The van der Waals surface area contributed by atoms with Gasteiger partial charge in [-0.25, -0.2) is 28.7 Å². The molecule has 0 atom stereocenters. The highest BCUT2D eigenvalue weighted by atomic mass is 19.1. The van der Waals surface area contributed by atoms with Crippen molar-refractivity contribution in [3.8, 4) is 11.3 Å². The third kappa shape index (κ3) is 4.47. The van der Waals surface area contributed by atoms with Crippen LogP contribution in [0.1, 0.15) is 42.5 Å². The monoisotopic (exact) mass is 489 g/mol. The van der Waals surface area contributed by atoms with Gasteiger partial charge in [-0.2, -0.15) is 0 Å². The van der Waals surface area contributed by atoms with Crippen molar-refractivity contribution in [2.75, 3.05) is 18.4 Å². The van der Waals surface area contributed by atoms with Crippen LogP contribution in [0.5, 0.6) is 0 Å². The molecule has 0 unspecified atom stereocenters. The molecule has 36 heavy (non-hydrogen) atoms. The van der Waals surface area contributed by atoms with E-state index in [4.69, 9.17) is 0 Å². The highest BCUT2D eigenvalue weighted by Gasteiger charge is 2.19. The molecule has 3 aromatic heterocycles. The van der Waals surface area contributed by atoms with Gasteiger partial charge in [0.2, 0.25) is 5.95 Å². The Morgan fingerprint density at radius 3 is 2.64 bits per heavy atom. The number of nitrogens with one attached hydrogen (secondary N) is 2. The molecule has 184 valence electrons. The smallest absolute Gasteiger partial charge is 0.229 e. The third-order valence-corrected chi connectivity index (χ3v) is 6.08. The van der Waals surface area contributed by atoms with Crippen molar-refractivity contribution in [1.82, 2.24) is 29.8 Å². The normalized spacial score (nSPS) is 13.8. The van der Waals surface area contributed by atoms with Gasteiger partial charge < -0.3 is 15.2 Å². The maximum atomic E-state index is 14.9. The summed E-state index contributed by atoms with van der Waals surface area (Å²) in [5, 5.41) is 6.10. The lowest BCUT2D eigenvalue weighted by Crippen LogP contribution is -2.23. The van der Waals surface area contributed by atoms with E-state index in [1.54, 1.807) is 18.2 Å². The Labute approximate surface area is 206 Å². The van der Waals surface area contributed by atoms with Gasteiger partial charge in [0.1, 0.15) is 22.9 Å². The molecule has 0 amide bonds. The van der Waals surface area contributed by atoms with E-state index in [1.165, 1.54) is 12.3 Å². The van der Waals surface area contributed by atoms with Gasteiger partial charge >= 0.3 is 0 Å². The first kappa shape index (κ1) is 23.7. The van der Waals surface area contributed by atoms with E-state index in [-0.39, 0.29) is 34.5 Å². The summed E-state index contributed by atoms with van der Waals surface area (Å²) in [6.45, 7) is 7.20. The van der Waals surface area contributed by atoms with Crippen molar-refractivity contribution in [3.05, 3.63) is 71.3 Å². The number of anilines is 2. The molecule has 2 N–H and O–H groups in total. The number of aromatic nitrogens is 5. The number of benzene rings is 1. The van der Waals surface area contributed by atoms with Crippen molar-refractivity contribution >= 4 is 28.6 Å². The predicted molar refractivity (Wildman–Crippen MR) is 133 cm³/mol. The van der Waals surface area contributed by atoms with Crippen LogP contribution in [0.2, 0.25) is 0 Å². The summed E-state index contributed by atoms with van der Waals surface area (Å²) >= 11 is 0. The Bertz CT molecular complexity index is 1490. The van der Waals surface area contributed by atoms with Crippen LogP contribution in [0.4, 0.5) is 20.5 Å². The lowest BCUT2D eigenvalue weighted by Gasteiger charge is -2.13. The molecular formula is C26H25F2N7O. The SMILES string of the molecule is Cc1nc2c(F)cc(-c3nc(Nc4ccc(C(=O)C5=CCNCC5)cn4)ncc3F)cc2n1C(C)C. The fraction of sp³-hybridized carbons (Fsp3) is 0.269. The van der Waals surface area contributed by atoms with Crippen LogP contribution >= 0.6 is 0 Å². The number of hydrogen-bond acceptors (Lipinski definition) is 7. The van der Waals surface area contributed by atoms with Gasteiger partial charge in [0, 0.05) is 29.9 Å². The Morgan fingerprint density at radius 1 is 1.11 bits per heavy atom. The zero-order chi connectivity index (χ0) is 25.4. The van der Waals surface area contributed by atoms with Crippen molar-refractivity contribution < 1.29 is 13.6 Å². The number of fused-ring (bicyclic) bond motifs is 1. The number of rotatable bonds is 6. The molecule has 4 aromatic rings. The second-order valence-electron chi connectivity index (χ2n) is 8.91. The number of Topliss-reactive ketones (excluding diaryl/α,β-unsaturated/α-hetero) is 1. The van der Waals surface area contributed by atoms with Gasteiger partial charge in [-0.1, -0.05) is 6.08 Å². The van der Waals surface area contributed by atoms with Crippen molar-refractivity contribution in [2.45, 2.75) is 33.2 Å². The molecule has 0 radical (unpaired) electrons. The summed E-state index contributed by atoms with van der Waals surface area (Å²) < 4.78 is 31.5. The topological polar surface area (TPSA) is 97.6 Å². The standard InChI is InChI=1S/C26H25F2N7O/c1-14(2)35-15(3)32-24-19(27)10-18(11-21(24)35)23-20(28)13-31-26(34-23)33-22-5-4-17(12-30-22)25(36)16-6-8-29-9-7-16/h4-6,10-14,29H,7-9H2,1-3H3,(H,30,31,33,34). The highest BCUT2D eigenvalue weighted by molar-refractivity contribution is 6.08. The molecule has 1 aliphatic heterocycles. The van der Waals surface area contributed by atoms with Gasteiger partial charge in [-0.15, -0.1) is 0 Å². The average molecular weight is 490 g/mol. The van der Waals surface area contributed by atoms with Crippen molar-refractivity contribution in [3.63, 3.8) is 0 Å². The Kier molecular flexibility index (Phi) is 6.27. The molecule has 4 heterocycles. The van der Waals surface area contributed by atoms with Gasteiger partial charge in [0.15, 0.2) is 17.4 Å². The van der Waals surface area contributed by atoms with E-state index in [1.807, 2.05) is 31.4 Å². The number of carbonyl (C=O) groups is 1. The molecule has 0 aliphatic carbocycles. The summed E-state index contributed by atoms with van der Waals surface area (Å²) in [5.41, 5.74) is 2.27. The maximum Gasteiger partial charge on any atom is 0.229 e. The average Bonchev–Trinajstić information content (AvgIpc) is 3.22. The van der Waals surface area contributed by atoms with Crippen LogP contribution in [0.15, 0.2) is 48.3 Å². The molecule has 8 nitrogen and oxygen atoms in total. The first-order valence-corrected chi connectivity index (χ1v) is 11.7. The van der Waals surface area contributed by atoms with E-state index in [0.29, 0.717) is 35.7 Å². The van der Waals surface area contributed by atoms with Crippen LogP contribution in [-0.2, 0) is 0 Å². The Balaban J connectivity index is 1.43. The van der Waals surface area contributed by atoms with Gasteiger partial charge in [-0.3, -0.25) is 4.79 Å². The molecule has 5 rings (SSSR count). The number of nitrogens with zero attached hydrogens (tertiary/aromatic N) is 5. The maximum absolute atomic E-state index is 14.9. The number of ketones is 1. The molecule has 10 heteroatoms. The van der Waals surface area contributed by atoms with E-state index in [0.717, 1.165) is 18.3 Å². The van der Waals surface area contributed by atoms with E-state index < -0.39 is 11.6 Å². The van der Waals surface area contributed by atoms with Crippen LogP contribution < -0.4 is 10.6 Å². The lowest BCUT2D eigenvalue weighted by molar-refractivity contribution is 0.102.